The Morgan fingerprint density at radius 2 is 1.51 bits per heavy atom. The second-order valence-corrected chi connectivity index (χ2v) is 10.5. The van der Waals surface area contributed by atoms with Crippen molar-refractivity contribution >= 4 is 23.3 Å². The van der Waals surface area contributed by atoms with Gasteiger partial charge < -0.3 is 15.0 Å². The molecule has 1 amide bonds. The molecule has 4 rings (SSSR count). The molecule has 1 fully saturated rings. The highest BCUT2D eigenvalue weighted by Gasteiger charge is 2.22. The zero-order valence-corrected chi connectivity index (χ0v) is 22.3. The molecular weight excluding hydrogens is 462 g/mol. The third-order valence-electron chi connectivity index (χ3n) is 6.73. The molecule has 1 N–H and O–H groups in total. The van der Waals surface area contributed by atoms with Crippen LogP contribution in [-0.4, -0.2) is 49.6 Å². The van der Waals surface area contributed by atoms with Gasteiger partial charge in [0.05, 0.1) is 23.5 Å². The van der Waals surface area contributed by atoms with Crippen LogP contribution in [0.15, 0.2) is 72.8 Å². The number of nitrogens with zero attached hydrogens (tertiary/aromatic N) is 2. The van der Waals surface area contributed by atoms with Crippen LogP contribution in [0.3, 0.4) is 0 Å². The van der Waals surface area contributed by atoms with E-state index in [1.54, 1.807) is 19.1 Å². The Labute approximate surface area is 220 Å². The Balaban J connectivity index is 1.52. The molecule has 1 saturated heterocycles. The second-order valence-electron chi connectivity index (χ2n) is 10.5. The van der Waals surface area contributed by atoms with E-state index >= 15 is 0 Å². The fourth-order valence-electron chi connectivity index (χ4n) is 4.56. The molecular formula is C31H37N3O3. The van der Waals surface area contributed by atoms with Crippen molar-refractivity contribution in [2.75, 3.05) is 43.0 Å². The van der Waals surface area contributed by atoms with Gasteiger partial charge in [-0.2, -0.15) is 0 Å². The molecule has 1 heterocycles. The molecule has 0 saturated carbocycles. The minimum absolute atomic E-state index is 0.0127. The summed E-state index contributed by atoms with van der Waals surface area (Å²) in [6.07, 6.45) is 0. The Bertz CT molecular complexity index is 1210. The summed E-state index contributed by atoms with van der Waals surface area (Å²) in [5, 5.41) is 3.07. The van der Waals surface area contributed by atoms with Crippen LogP contribution in [0.1, 0.15) is 59.5 Å². The van der Waals surface area contributed by atoms with Crippen LogP contribution in [0.25, 0.3) is 0 Å². The standard InChI is InChI=1S/C31H37N3O3/c1-5-37-30(36)25-13-16-28(34-19-17-33(18-20-34)22-23-9-7-6-8-10-23)27(21-25)32-29(35)24-11-14-26(15-12-24)31(2,3)4/h6-16,21H,5,17-20,22H2,1-4H3,(H,32,35). The number of amides is 1. The first-order valence-corrected chi connectivity index (χ1v) is 13.0. The van der Waals surface area contributed by atoms with Gasteiger partial charge in [0.15, 0.2) is 0 Å². The lowest BCUT2D eigenvalue weighted by atomic mass is 9.87. The molecule has 3 aromatic carbocycles. The number of ether oxygens (including phenoxy) is 1. The topological polar surface area (TPSA) is 61.9 Å². The zero-order chi connectivity index (χ0) is 26.4. The van der Waals surface area contributed by atoms with Crippen molar-refractivity contribution in [1.29, 1.82) is 0 Å². The number of rotatable bonds is 7. The van der Waals surface area contributed by atoms with Gasteiger partial charge in [-0.15, -0.1) is 0 Å². The van der Waals surface area contributed by atoms with Crippen molar-refractivity contribution in [2.24, 2.45) is 0 Å². The van der Waals surface area contributed by atoms with E-state index in [0.717, 1.165) is 38.4 Å². The van der Waals surface area contributed by atoms with E-state index < -0.39 is 5.97 Å². The molecule has 3 aromatic rings. The number of hydrogen-bond donors (Lipinski definition) is 1. The van der Waals surface area contributed by atoms with Crippen LogP contribution in [-0.2, 0) is 16.7 Å². The van der Waals surface area contributed by atoms with Gasteiger partial charge in [-0.1, -0.05) is 63.2 Å². The SMILES string of the molecule is CCOC(=O)c1ccc(N2CCN(Cc3ccccc3)CC2)c(NC(=O)c2ccc(C(C)(C)C)cc2)c1. The quantitative estimate of drug-likeness (QED) is 0.421. The van der Waals surface area contributed by atoms with E-state index in [1.807, 2.05) is 36.4 Å². The first-order valence-electron chi connectivity index (χ1n) is 13.0. The van der Waals surface area contributed by atoms with Gasteiger partial charge in [-0.25, -0.2) is 4.79 Å². The summed E-state index contributed by atoms with van der Waals surface area (Å²) in [5.74, 6) is -0.600. The van der Waals surface area contributed by atoms with Crippen molar-refractivity contribution in [3.05, 3.63) is 95.1 Å². The number of piperazine rings is 1. The number of benzene rings is 3. The third-order valence-corrected chi connectivity index (χ3v) is 6.73. The van der Waals surface area contributed by atoms with Crippen LogP contribution in [0.2, 0.25) is 0 Å². The third kappa shape index (κ3) is 6.77. The summed E-state index contributed by atoms with van der Waals surface area (Å²) < 4.78 is 5.20. The molecule has 0 aromatic heterocycles. The smallest absolute Gasteiger partial charge is 0.338 e. The maximum Gasteiger partial charge on any atom is 0.338 e. The highest BCUT2D eigenvalue weighted by Crippen LogP contribution is 2.30. The van der Waals surface area contributed by atoms with Crippen LogP contribution in [0.5, 0.6) is 0 Å². The number of carbonyl (C=O) groups is 2. The summed E-state index contributed by atoms with van der Waals surface area (Å²) >= 11 is 0. The van der Waals surface area contributed by atoms with E-state index in [1.165, 1.54) is 11.1 Å². The molecule has 6 heteroatoms. The van der Waals surface area contributed by atoms with Gasteiger partial charge in [0.2, 0.25) is 0 Å². The van der Waals surface area contributed by atoms with Crippen LogP contribution in [0.4, 0.5) is 11.4 Å². The normalized spacial score (nSPS) is 14.3. The van der Waals surface area contributed by atoms with Crippen molar-refractivity contribution in [3.63, 3.8) is 0 Å². The van der Waals surface area contributed by atoms with Gasteiger partial charge in [-0.3, -0.25) is 9.69 Å². The number of esters is 1. The fourth-order valence-corrected chi connectivity index (χ4v) is 4.56. The zero-order valence-electron chi connectivity index (χ0n) is 22.3. The lowest BCUT2D eigenvalue weighted by molar-refractivity contribution is 0.0526. The Morgan fingerprint density at radius 3 is 2.14 bits per heavy atom. The maximum absolute atomic E-state index is 13.2. The Morgan fingerprint density at radius 1 is 0.865 bits per heavy atom. The number of carbonyl (C=O) groups excluding carboxylic acids is 2. The van der Waals surface area contributed by atoms with Crippen molar-refractivity contribution in [3.8, 4) is 0 Å². The summed E-state index contributed by atoms with van der Waals surface area (Å²) in [4.78, 5) is 30.4. The minimum atomic E-state index is -0.397. The van der Waals surface area contributed by atoms with Gasteiger partial charge >= 0.3 is 5.97 Å². The maximum atomic E-state index is 13.2. The molecule has 0 atom stereocenters. The fraction of sp³-hybridized carbons (Fsp3) is 0.355. The highest BCUT2D eigenvalue weighted by molar-refractivity contribution is 6.07. The van der Waals surface area contributed by atoms with Crippen molar-refractivity contribution < 1.29 is 14.3 Å². The summed E-state index contributed by atoms with van der Waals surface area (Å²) in [7, 11) is 0. The number of anilines is 2. The number of nitrogens with one attached hydrogen (secondary N) is 1. The minimum Gasteiger partial charge on any atom is -0.462 e. The summed E-state index contributed by atoms with van der Waals surface area (Å²) in [5.41, 5.74) is 5.01. The largest absolute Gasteiger partial charge is 0.462 e. The molecule has 194 valence electrons. The predicted molar refractivity (Wildman–Crippen MR) is 149 cm³/mol. The monoisotopic (exact) mass is 499 g/mol. The number of hydrogen-bond acceptors (Lipinski definition) is 5. The molecule has 0 bridgehead atoms. The molecule has 37 heavy (non-hydrogen) atoms. The molecule has 0 aliphatic carbocycles. The van der Waals surface area contributed by atoms with Gasteiger partial charge in [0.1, 0.15) is 0 Å². The van der Waals surface area contributed by atoms with E-state index in [9.17, 15) is 9.59 Å². The van der Waals surface area contributed by atoms with E-state index in [2.05, 4.69) is 60.2 Å². The van der Waals surface area contributed by atoms with Gasteiger partial charge in [0, 0.05) is 38.3 Å². The molecule has 0 radical (unpaired) electrons. The predicted octanol–water partition coefficient (Wildman–Crippen LogP) is 5.74. The van der Waals surface area contributed by atoms with E-state index in [0.29, 0.717) is 23.4 Å². The second kappa shape index (κ2) is 11.6. The molecule has 1 aliphatic heterocycles. The van der Waals surface area contributed by atoms with Crippen molar-refractivity contribution in [1.82, 2.24) is 4.90 Å². The van der Waals surface area contributed by atoms with Gasteiger partial charge in [0.25, 0.3) is 5.91 Å². The average molecular weight is 500 g/mol. The molecule has 1 aliphatic rings. The van der Waals surface area contributed by atoms with Crippen molar-refractivity contribution in [2.45, 2.75) is 39.7 Å². The lowest BCUT2D eigenvalue weighted by Crippen LogP contribution is -2.46. The Kier molecular flexibility index (Phi) is 8.29. The summed E-state index contributed by atoms with van der Waals surface area (Å²) in [6.45, 7) is 12.9. The summed E-state index contributed by atoms with van der Waals surface area (Å²) in [6, 6.07) is 23.6. The average Bonchev–Trinajstić information content (AvgIpc) is 2.89. The van der Waals surface area contributed by atoms with Gasteiger partial charge in [-0.05, 0) is 53.8 Å². The Hall–Kier alpha value is -3.64. The molecule has 6 nitrogen and oxygen atoms in total. The molecule has 0 spiro atoms. The first kappa shape index (κ1) is 26.4. The molecule has 0 unspecified atom stereocenters. The van der Waals surface area contributed by atoms with Crippen LogP contribution >= 0.6 is 0 Å². The van der Waals surface area contributed by atoms with Crippen LogP contribution in [0, 0.1) is 0 Å². The van der Waals surface area contributed by atoms with E-state index in [-0.39, 0.29) is 11.3 Å². The highest BCUT2D eigenvalue weighted by atomic mass is 16.5. The lowest BCUT2D eigenvalue weighted by Gasteiger charge is -2.37. The van der Waals surface area contributed by atoms with E-state index in [4.69, 9.17) is 4.74 Å². The first-order chi connectivity index (χ1) is 17.7. The van der Waals surface area contributed by atoms with Crippen LogP contribution < -0.4 is 10.2 Å².